The topological polar surface area (TPSA) is 127 Å². The molecule has 34 heavy (non-hydrogen) atoms. The number of nitrogens with zero attached hydrogens (tertiary/aromatic N) is 3. The summed E-state index contributed by atoms with van der Waals surface area (Å²) in [6, 6.07) is 5.96. The second kappa shape index (κ2) is 9.57. The first-order valence-corrected chi connectivity index (χ1v) is 11.2. The predicted octanol–water partition coefficient (Wildman–Crippen LogP) is 3.29. The first-order valence-electron chi connectivity index (χ1n) is 11.2. The summed E-state index contributed by atoms with van der Waals surface area (Å²) in [7, 11) is 0. The Morgan fingerprint density at radius 2 is 2.12 bits per heavy atom. The van der Waals surface area contributed by atoms with E-state index in [0.29, 0.717) is 35.5 Å². The van der Waals surface area contributed by atoms with Crippen molar-refractivity contribution in [3.63, 3.8) is 0 Å². The van der Waals surface area contributed by atoms with Gasteiger partial charge >= 0.3 is 0 Å². The van der Waals surface area contributed by atoms with Gasteiger partial charge in [-0.15, -0.1) is 12.4 Å². The highest BCUT2D eigenvalue weighted by atomic mass is 35.5. The number of nitrogens with one attached hydrogen (secondary N) is 3. The molecule has 1 unspecified atom stereocenters. The number of pyridine rings is 1. The van der Waals surface area contributed by atoms with E-state index in [-0.39, 0.29) is 52.7 Å². The molecule has 3 aromatic rings. The van der Waals surface area contributed by atoms with Crippen LogP contribution in [0, 0.1) is 35.9 Å². The van der Waals surface area contributed by atoms with Gasteiger partial charge in [-0.05, 0) is 68.8 Å². The van der Waals surface area contributed by atoms with E-state index in [4.69, 9.17) is 0 Å². The molecule has 2 fully saturated rings. The van der Waals surface area contributed by atoms with E-state index >= 15 is 0 Å². The number of piperidine rings is 1. The van der Waals surface area contributed by atoms with Crippen LogP contribution < -0.4 is 10.6 Å². The first-order chi connectivity index (χ1) is 16.0. The van der Waals surface area contributed by atoms with Gasteiger partial charge in [-0.2, -0.15) is 10.4 Å². The molecular formula is C24H26ClFN6O2. The number of aromatic hydroxyl groups is 1. The summed E-state index contributed by atoms with van der Waals surface area (Å²) in [4.78, 5) is 17.4. The molecule has 8 nitrogen and oxygen atoms in total. The molecule has 2 aliphatic rings. The molecule has 1 amide bonds. The number of phenols is 1. The van der Waals surface area contributed by atoms with Gasteiger partial charge in [0.15, 0.2) is 5.65 Å². The highest BCUT2D eigenvalue weighted by Gasteiger charge is 2.47. The molecule has 0 radical (unpaired) electrons. The van der Waals surface area contributed by atoms with Crippen LogP contribution >= 0.6 is 12.4 Å². The van der Waals surface area contributed by atoms with Crippen molar-refractivity contribution in [1.82, 2.24) is 25.8 Å². The van der Waals surface area contributed by atoms with Crippen LogP contribution in [0.3, 0.4) is 0 Å². The minimum absolute atomic E-state index is 0. The summed E-state index contributed by atoms with van der Waals surface area (Å²) < 4.78 is 14.7. The van der Waals surface area contributed by atoms with E-state index in [1.54, 1.807) is 0 Å². The highest BCUT2D eigenvalue weighted by Crippen LogP contribution is 2.52. The van der Waals surface area contributed by atoms with Gasteiger partial charge in [0, 0.05) is 35.2 Å². The van der Waals surface area contributed by atoms with Crippen LogP contribution in [0.1, 0.15) is 42.0 Å². The average Bonchev–Trinajstić information content (AvgIpc) is 3.53. The summed E-state index contributed by atoms with van der Waals surface area (Å²) in [5, 5.41) is 33.9. The lowest BCUT2D eigenvalue weighted by atomic mass is 9.94. The second-order valence-corrected chi connectivity index (χ2v) is 8.96. The zero-order valence-corrected chi connectivity index (χ0v) is 19.5. The molecule has 10 heteroatoms. The van der Waals surface area contributed by atoms with Crippen molar-refractivity contribution in [2.24, 2.45) is 11.8 Å². The number of amides is 1. The number of carbonyl (C=O) groups excluding carboxylic acids is 1. The summed E-state index contributed by atoms with van der Waals surface area (Å²) in [6.45, 7) is 4.46. The summed E-state index contributed by atoms with van der Waals surface area (Å²) in [5.41, 5.74) is 2.35. The maximum atomic E-state index is 14.7. The van der Waals surface area contributed by atoms with Crippen LogP contribution in [0.15, 0.2) is 18.2 Å². The lowest BCUT2D eigenvalue weighted by Gasteiger charge is -2.22. The Morgan fingerprint density at radius 1 is 1.35 bits per heavy atom. The number of aromatic nitrogens is 3. The molecule has 178 valence electrons. The largest absolute Gasteiger partial charge is 0.508 e. The van der Waals surface area contributed by atoms with Gasteiger partial charge in [0.25, 0.3) is 0 Å². The van der Waals surface area contributed by atoms with E-state index < -0.39 is 5.82 Å². The molecule has 0 bridgehead atoms. The zero-order valence-electron chi connectivity index (χ0n) is 18.7. The fourth-order valence-electron chi connectivity index (χ4n) is 4.87. The number of hydrogen-bond acceptors (Lipinski definition) is 6. The van der Waals surface area contributed by atoms with Crippen LogP contribution in [-0.2, 0) is 4.79 Å². The van der Waals surface area contributed by atoms with Crippen molar-refractivity contribution in [2.45, 2.75) is 32.1 Å². The van der Waals surface area contributed by atoms with Gasteiger partial charge in [0.05, 0.1) is 11.3 Å². The van der Waals surface area contributed by atoms with E-state index in [1.807, 2.05) is 6.92 Å². The van der Waals surface area contributed by atoms with Crippen molar-refractivity contribution in [2.75, 3.05) is 19.6 Å². The van der Waals surface area contributed by atoms with Crippen LogP contribution in [0.25, 0.3) is 22.3 Å². The maximum Gasteiger partial charge on any atom is 0.223 e. The number of H-pyrrole nitrogens is 1. The number of aromatic amines is 1. The minimum atomic E-state index is -0.677. The summed E-state index contributed by atoms with van der Waals surface area (Å²) in [5.74, 6) is -0.812. The third-order valence-corrected chi connectivity index (χ3v) is 6.76. The van der Waals surface area contributed by atoms with E-state index in [0.717, 1.165) is 37.7 Å². The second-order valence-electron chi connectivity index (χ2n) is 8.96. The molecule has 1 aliphatic heterocycles. The molecule has 1 saturated carbocycles. The number of halogens is 2. The van der Waals surface area contributed by atoms with E-state index in [1.165, 1.54) is 12.1 Å². The Morgan fingerprint density at radius 3 is 2.82 bits per heavy atom. The number of hydrogen-bond donors (Lipinski definition) is 4. The SMILES string of the molecule is Cc1[nH]nc2nc(-c3ccc(O)cc3F)c(C#N)c(C3C[C@@H]3C(=O)NCC3CCNCC3)c12.Cl. The Kier molecular flexibility index (Phi) is 6.73. The molecule has 5 rings (SSSR count). The van der Waals surface area contributed by atoms with Crippen LogP contribution in [-0.4, -0.2) is 45.8 Å². The molecular weight excluding hydrogens is 459 g/mol. The van der Waals surface area contributed by atoms with Gasteiger partial charge in [-0.3, -0.25) is 9.89 Å². The van der Waals surface area contributed by atoms with Crippen molar-refractivity contribution < 1.29 is 14.3 Å². The Labute approximate surface area is 202 Å². The van der Waals surface area contributed by atoms with E-state index in [2.05, 4.69) is 31.9 Å². The Balaban J connectivity index is 0.00000274. The van der Waals surface area contributed by atoms with E-state index in [9.17, 15) is 19.6 Å². The van der Waals surface area contributed by atoms with Gasteiger partial charge in [-0.1, -0.05) is 0 Å². The molecule has 2 aromatic heterocycles. The van der Waals surface area contributed by atoms with Gasteiger partial charge in [0.2, 0.25) is 5.91 Å². The predicted molar refractivity (Wildman–Crippen MR) is 127 cm³/mol. The maximum absolute atomic E-state index is 14.7. The normalized spacial score (nSPS) is 19.9. The number of benzene rings is 1. The smallest absolute Gasteiger partial charge is 0.223 e. The average molecular weight is 485 g/mol. The number of phenolic OH excluding ortho intramolecular Hbond substituents is 1. The van der Waals surface area contributed by atoms with Crippen molar-refractivity contribution in [1.29, 1.82) is 5.26 Å². The third kappa shape index (κ3) is 4.31. The third-order valence-electron chi connectivity index (χ3n) is 6.76. The summed E-state index contributed by atoms with van der Waals surface area (Å²) in [6.07, 6.45) is 2.72. The fourth-order valence-corrected chi connectivity index (χ4v) is 4.87. The molecule has 3 heterocycles. The van der Waals surface area contributed by atoms with Gasteiger partial charge in [0.1, 0.15) is 17.6 Å². The number of carbonyl (C=O) groups is 1. The Hall–Kier alpha value is -3.22. The van der Waals surface area contributed by atoms with Crippen molar-refractivity contribution in [3.05, 3.63) is 40.8 Å². The first kappa shape index (κ1) is 23.9. The lowest BCUT2D eigenvalue weighted by Crippen LogP contribution is -2.36. The molecule has 0 spiro atoms. The Bertz CT molecular complexity index is 1280. The molecule has 4 N–H and O–H groups in total. The number of nitriles is 1. The quantitative estimate of drug-likeness (QED) is 0.440. The van der Waals surface area contributed by atoms with Gasteiger partial charge in [-0.25, -0.2) is 9.37 Å². The molecule has 1 aliphatic carbocycles. The molecule has 1 saturated heterocycles. The van der Waals surface area contributed by atoms with Crippen LogP contribution in [0.2, 0.25) is 0 Å². The number of rotatable bonds is 5. The van der Waals surface area contributed by atoms with Crippen molar-refractivity contribution in [3.8, 4) is 23.1 Å². The number of fused-ring (bicyclic) bond motifs is 1. The van der Waals surface area contributed by atoms with Crippen LogP contribution in [0.4, 0.5) is 4.39 Å². The summed E-state index contributed by atoms with van der Waals surface area (Å²) >= 11 is 0. The molecule has 1 aromatic carbocycles. The lowest BCUT2D eigenvalue weighted by molar-refractivity contribution is -0.122. The van der Waals surface area contributed by atoms with Gasteiger partial charge < -0.3 is 15.7 Å². The fraction of sp³-hybridized carbons (Fsp3) is 0.417. The zero-order chi connectivity index (χ0) is 23.1. The monoisotopic (exact) mass is 484 g/mol. The number of aryl methyl sites for hydroxylation is 1. The standard InChI is InChI=1S/C24H25FN6O2.ClH/c1-12-20-21(16-9-17(16)24(33)28-11-13-4-6-27-7-5-13)18(10-26)22(29-23(20)31-30-12)15-3-2-14(32)8-19(15)25;/h2-3,8,13,16-17,27,32H,4-7,9,11H2,1H3,(H,28,33)(H,29,30,31);1H/t16?,17-;/m0./s1. The van der Waals surface area contributed by atoms with Crippen molar-refractivity contribution >= 4 is 29.3 Å². The highest BCUT2D eigenvalue weighted by molar-refractivity contribution is 5.92. The van der Waals surface area contributed by atoms with Crippen LogP contribution in [0.5, 0.6) is 5.75 Å². The minimum Gasteiger partial charge on any atom is -0.508 e. The molecule has 2 atom stereocenters.